The molecular weight excluding hydrogens is 345 g/mol. The molecule has 0 aliphatic carbocycles. The first-order valence-electron chi connectivity index (χ1n) is 5.25. The highest BCUT2D eigenvalue weighted by Gasteiger charge is 2.79. The maximum absolute atomic E-state index is 13.1. The molecule has 0 fully saturated rings. The van der Waals surface area contributed by atoms with E-state index in [1.807, 2.05) is 0 Å². The molecule has 0 atom stereocenters. The molecule has 0 heterocycles. The van der Waals surface area contributed by atoms with E-state index in [0.717, 1.165) is 24.3 Å². The van der Waals surface area contributed by atoms with Gasteiger partial charge in [-0.2, -0.15) is 39.2 Å². The second-order valence-corrected chi connectivity index (χ2v) is 5.49. The summed E-state index contributed by atoms with van der Waals surface area (Å²) in [6, 6.07) is 3.82. The number of hydrogen-bond acceptors (Lipinski definition) is 3. The van der Waals surface area contributed by atoms with Gasteiger partial charge < -0.3 is 4.18 Å². The molecule has 0 saturated heterocycles. The lowest BCUT2D eigenvalue weighted by atomic mass is 10.2. The largest absolute Gasteiger partial charge is 0.461 e. The minimum absolute atomic E-state index is 0.400. The Morgan fingerprint density at radius 2 is 1.41 bits per heavy atom. The van der Waals surface area contributed by atoms with Crippen molar-refractivity contribution in [1.29, 1.82) is 0 Å². The highest BCUT2D eigenvalue weighted by molar-refractivity contribution is 7.88. The van der Waals surface area contributed by atoms with Gasteiger partial charge in [-0.05, 0) is 17.7 Å². The van der Waals surface area contributed by atoms with Crippen molar-refractivity contribution in [2.75, 3.05) is 0 Å². The normalized spacial score (nSPS) is 13.8. The molecule has 0 aliphatic rings. The topological polar surface area (TPSA) is 43.4 Å². The Kier molecular flexibility index (Phi) is 4.52. The van der Waals surface area contributed by atoms with Crippen LogP contribution in [0.3, 0.4) is 0 Å². The Morgan fingerprint density at radius 1 is 0.955 bits per heavy atom. The van der Waals surface area contributed by atoms with Gasteiger partial charge in [-0.3, -0.25) is 0 Å². The Hall–Kier alpha value is -1.78. The third kappa shape index (κ3) is 3.03. The molecule has 0 saturated carbocycles. The van der Waals surface area contributed by atoms with Crippen LogP contribution in [0.5, 0.6) is 5.75 Å². The fourth-order valence-corrected chi connectivity index (χ4v) is 2.06. The minimum atomic E-state index is -6.82. The second kappa shape index (κ2) is 5.45. The minimum Gasteiger partial charge on any atom is -0.378 e. The molecule has 0 N–H and O–H groups in total. The molecule has 124 valence electrons. The molecule has 0 amide bonds. The lowest BCUT2D eigenvalue weighted by Gasteiger charge is -2.27. The summed E-state index contributed by atoms with van der Waals surface area (Å²) >= 11 is 0. The average molecular weight is 352 g/mol. The van der Waals surface area contributed by atoms with Crippen molar-refractivity contribution >= 4 is 16.2 Å². The first-order valence-corrected chi connectivity index (χ1v) is 6.66. The molecule has 22 heavy (non-hydrogen) atoms. The summed E-state index contributed by atoms with van der Waals surface area (Å²) in [5.74, 6) is -7.68. The zero-order valence-electron chi connectivity index (χ0n) is 10.4. The lowest BCUT2D eigenvalue weighted by Crippen LogP contribution is -2.57. The number of hydrogen-bond donors (Lipinski definition) is 0. The second-order valence-electron chi connectivity index (χ2n) is 3.90. The molecule has 0 aliphatic heterocycles. The summed E-state index contributed by atoms with van der Waals surface area (Å²) in [5.41, 5.74) is 0.400. The van der Waals surface area contributed by atoms with E-state index in [4.69, 9.17) is 0 Å². The van der Waals surface area contributed by atoms with Gasteiger partial charge in [0.1, 0.15) is 5.75 Å². The zero-order valence-corrected chi connectivity index (χ0v) is 11.2. The maximum atomic E-state index is 13.1. The van der Waals surface area contributed by atoms with Crippen LogP contribution in [0.4, 0.5) is 30.7 Å². The summed E-state index contributed by atoms with van der Waals surface area (Å²) in [5, 5.41) is -6.50. The number of benzene rings is 1. The van der Waals surface area contributed by atoms with E-state index in [1.165, 1.54) is 6.08 Å². The first kappa shape index (κ1) is 18.3. The van der Waals surface area contributed by atoms with Crippen LogP contribution in [0, 0.1) is 0 Å². The Bertz CT molecular complexity index is 647. The van der Waals surface area contributed by atoms with Crippen molar-refractivity contribution in [1.82, 2.24) is 0 Å². The summed E-state index contributed by atoms with van der Waals surface area (Å²) in [7, 11) is -6.60. The van der Waals surface area contributed by atoms with E-state index in [9.17, 15) is 39.2 Å². The summed E-state index contributed by atoms with van der Waals surface area (Å²) in [6.07, 6.45) is -5.50. The molecule has 0 bridgehead atoms. The fourth-order valence-electron chi connectivity index (χ4n) is 1.16. The van der Waals surface area contributed by atoms with Crippen LogP contribution in [0.1, 0.15) is 5.56 Å². The average Bonchev–Trinajstić information content (AvgIpc) is 2.37. The Morgan fingerprint density at radius 3 is 1.77 bits per heavy atom. The van der Waals surface area contributed by atoms with E-state index in [1.54, 1.807) is 0 Å². The summed E-state index contributed by atoms with van der Waals surface area (Å²) < 4.78 is 113. The first-order chi connectivity index (χ1) is 9.76. The standard InChI is InChI=1S/C11H7F7O3S/c1-2-7-3-5-8(6-4-7)21-22(19,20)11(17,18)9(12,13)10(14,15)16/h2-6H,1H2. The molecular formula is C11H7F7O3S. The van der Waals surface area contributed by atoms with Crippen LogP contribution in [-0.4, -0.2) is 25.8 Å². The van der Waals surface area contributed by atoms with Crippen LogP contribution >= 0.6 is 0 Å². The van der Waals surface area contributed by atoms with Gasteiger partial charge >= 0.3 is 27.5 Å². The number of alkyl halides is 7. The lowest BCUT2D eigenvalue weighted by molar-refractivity contribution is -0.333. The summed E-state index contributed by atoms with van der Waals surface area (Å²) in [4.78, 5) is 0. The predicted molar refractivity (Wildman–Crippen MR) is 62.0 cm³/mol. The van der Waals surface area contributed by atoms with Crippen molar-refractivity contribution in [3.8, 4) is 5.75 Å². The highest BCUT2D eigenvalue weighted by Crippen LogP contribution is 2.49. The third-order valence-corrected chi connectivity index (χ3v) is 3.65. The van der Waals surface area contributed by atoms with Gasteiger partial charge in [-0.15, -0.1) is 0 Å². The van der Waals surface area contributed by atoms with Crippen LogP contribution in [-0.2, 0) is 10.1 Å². The molecule has 1 rings (SSSR count). The van der Waals surface area contributed by atoms with Crippen molar-refractivity contribution < 1.29 is 43.3 Å². The number of rotatable bonds is 5. The Balaban J connectivity index is 3.19. The van der Waals surface area contributed by atoms with Gasteiger partial charge in [0.25, 0.3) is 0 Å². The van der Waals surface area contributed by atoms with Crippen LogP contribution in [0.2, 0.25) is 0 Å². The van der Waals surface area contributed by atoms with Gasteiger partial charge in [0.2, 0.25) is 0 Å². The molecule has 0 radical (unpaired) electrons. The zero-order chi connectivity index (χ0) is 17.4. The van der Waals surface area contributed by atoms with Crippen LogP contribution in [0.15, 0.2) is 30.8 Å². The van der Waals surface area contributed by atoms with Crippen LogP contribution < -0.4 is 4.18 Å². The fraction of sp³-hybridized carbons (Fsp3) is 0.273. The van der Waals surface area contributed by atoms with Gasteiger partial charge in [-0.1, -0.05) is 24.8 Å². The molecule has 0 spiro atoms. The third-order valence-electron chi connectivity index (χ3n) is 2.36. The Labute approximate surface area is 120 Å². The highest BCUT2D eigenvalue weighted by atomic mass is 32.2. The van der Waals surface area contributed by atoms with Crippen LogP contribution in [0.25, 0.3) is 6.08 Å². The van der Waals surface area contributed by atoms with Gasteiger partial charge in [0.05, 0.1) is 0 Å². The molecule has 3 nitrogen and oxygen atoms in total. The monoisotopic (exact) mass is 352 g/mol. The van der Waals surface area contributed by atoms with E-state index in [0.29, 0.717) is 5.56 Å². The maximum Gasteiger partial charge on any atom is 0.461 e. The molecule has 0 unspecified atom stereocenters. The predicted octanol–water partition coefficient (Wildman–Crippen LogP) is 3.83. The van der Waals surface area contributed by atoms with E-state index < -0.39 is 33.2 Å². The summed E-state index contributed by atoms with van der Waals surface area (Å²) in [6.45, 7) is 3.33. The van der Waals surface area contributed by atoms with Gasteiger partial charge in [0.15, 0.2) is 0 Å². The van der Waals surface area contributed by atoms with Crippen molar-refractivity contribution in [3.05, 3.63) is 36.4 Å². The van der Waals surface area contributed by atoms with E-state index in [2.05, 4.69) is 10.8 Å². The molecule has 11 heteroatoms. The van der Waals surface area contributed by atoms with E-state index >= 15 is 0 Å². The molecule has 0 aromatic heterocycles. The van der Waals surface area contributed by atoms with Gasteiger partial charge in [-0.25, -0.2) is 0 Å². The van der Waals surface area contributed by atoms with Crippen molar-refractivity contribution in [2.45, 2.75) is 17.4 Å². The SMILES string of the molecule is C=Cc1ccc(OS(=O)(=O)C(F)(F)C(F)(F)C(F)(F)F)cc1. The van der Waals surface area contributed by atoms with E-state index in [-0.39, 0.29) is 0 Å². The van der Waals surface area contributed by atoms with Gasteiger partial charge in [0, 0.05) is 0 Å². The number of halogens is 7. The smallest absolute Gasteiger partial charge is 0.378 e. The quantitative estimate of drug-likeness (QED) is 0.598. The van der Waals surface area contributed by atoms with Crippen molar-refractivity contribution in [3.63, 3.8) is 0 Å². The molecule has 1 aromatic carbocycles. The van der Waals surface area contributed by atoms with Crippen molar-refractivity contribution in [2.24, 2.45) is 0 Å². The molecule has 1 aromatic rings.